The van der Waals surface area contributed by atoms with E-state index in [1.54, 1.807) is 12.3 Å². The van der Waals surface area contributed by atoms with E-state index in [1.807, 2.05) is 40.9 Å². The number of nitriles is 1. The highest BCUT2D eigenvalue weighted by Gasteiger charge is 2.33. The number of esters is 1. The predicted octanol–water partition coefficient (Wildman–Crippen LogP) is 3.83. The lowest BCUT2D eigenvalue weighted by Crippen LogP contribution is -2.40. The van der Waals surface area contributed by atoms with Crippen LogP contribution in [0, 0.1) is 17.2 Å². The van der Waals surface area contributed by atoms with Gasteiger partial charge < -0.3 is 9.14 Å². The zero-order valence-electron chi connectivity index (χ0n) is 18.9. The molecular formula is C26H27N3O4S. The molecule has 7 nitrogen and oxygen atoms in total. The number of fused-ring (bicyclic) bond motifs is 2. The molecule has 0 N–H and O–H groups in total. The van der Waals surface area contributed by atoms with Gasteiger partial charge in [-0.15, -0.1) is 0 Å². The second kappa shape index (κ2) is 9.24. The van der Waals surface area contributed by atoms with Crippen LogP contribution < -0.4 is 0 Å². The van der Waals surface area contributed by atoms with Gasteiger partial charge in [-0.3, -0.25) is 4.79 Å². The maximum Gasteiger partial charge on any atom is 0.309 e. The minimum absolute atomic E-state index is 0.0248. The summed E-state index contributed by atoms with van der Waals surface area (Å²) in [7, 11) is -3.58. The number of sulfonamides is 1. The van der Waals surface area contributed by atoms with Gasteiger partial charge in [0.2, 0.25) is 10.0 Å². The Balaban J connectivity index is 1.21. The zero-order chi connectivity index (χ0) is 23.7. The number of piperidine rings is 1. The number of nitrogens with zero attached hydrogens (tertiary/aromatic N) is 3. The van der Waals surface area contributed by atoms with Crippen LogP contribution in [0.15, 0.2) is 53.7 Å². The van der Waals surface area contributed by atoms with Crippen molar-refractivity contribution in [3.8, 4) is 6.07 Å². The molecule has 3 heterocycles. The van der Waals surface area contributed by atoms with Crippen molar-refractivity contribution in [1.29, 1.82) is 5.26 Å². The summed E-state index contributed by atoms with van der Waals surface area (Å²) in [5.41, 5.74) is 4.33. The second-order valence-electron chi connectivity index (χ2n) is 9.06. The van der Waals surface area contributed by atoms with E-state index in [2.05, 4.69) is 6.07 Å². The van der Waals surface area contributed by atoms with E-state index in [4.69, 9.17) is 4.74 Å². The summed E-state index contributed by atoms with van der Waals surface area (Å²) in [5.74, 6) is -0.692. The summed E-state index contributed by atoms with van der Waals surface area (Å²) in [6, 6.07) is 13.3. The van der Waals surface area contributed by atoms with Gasteiger partial charge in [0.15, 0.2) is 0 Å². The monoisotopic (exact) mass is 477 g/mol. The number of carbonyl (C=O) groups is 1. The summed E-state index contributed by atoms with van der Waals surface area (Å²) in [6.07, 6.45) is 8.68. The highest BCUT2D eigenvalue weighted by atomic mass is 32.2. The Hall–Kier alpha value is -3.15. The van der Waals surface area contributed by atoms with Crippen LogP contribution in [0.5, 0.6) is 0 Å². The van der Waals surface area contributed by atoms with Crippen LogP contribution in [0.1, 0.15) is 47.9 Å². The van der Waals surface area contributed by atoms with Gasteiger partial charge in [0.05, 0.1) is 21.9 Å². The molecule has 0 amide bonds. The molecule has 1 aromatic carbocycles. The standard InChI is InChI=1S/C26H27N3O4S/c27-16-24-22(17-28-12-4-3-7-25(24)28)18-33-26(30)20-10-13-29(14-11-20)34(31,32)23-9-8-19-5-1-2-6-21(19)15-23/h3-4,7-9,12,15,17,20H,1-2,5-6,10-11,13-14,18H2. The Morgan fingerprint density at radius 2 is 1.85 bits per heavy atom. The minimum Gasteiger partial charge on any atom is -0.460 e. The summed E-state index contributed by atoms with van der Waals surface area (Å²) in [4.78, 5) is 13.0. The van der Waals surface area contributed by atoms with Gasteiger partial charge in [0.25, 0.3) is 0 Å². The van der Waals surface area contributed by atoms with Crippen LogP contribution in [0.4, 0.5) is 0 Å². The van der Waals surface area contributed by atoms with Crippen LogP contribution in [0.25, 0.3) is 5.52 Å². The van der Waals surface area contributed by atoms with Crippen molar-refractivity contribution in [2.45, 2.75) is 50.0 Å². The maximum atomic E-state index is 13.2. The third-order valence-corrected chi connectivity index (χ3v) is 8.88. The van der Waals surface area contributed by atoms with Crippen LogP contribution in [0.2, 0.25) is 0 Å². The van der Waals surface area contributed by atoms with Crippen molar-refractivity contribution >= 4 is 21.5 Å². The van der Waals surface area contributed by atoms with E-state index >= 15 is 0 Å². The summed E-state index contributed by atoms with van der Waals surface area (Å²) >= 11 is 0. The third-order valence-electron chi connectivity index (χ3n) is 6.99. The number of aromatic nitrogens is 1. The average Bonchev–Trinajstić information content (AvgIpc) is 3.24. The molecule has 34 heavy (non-hydrogen) atoms. The van der Waals surface area contributed by atoms with E-state index in [9.17, 15) is 18.5 Å². The van der Waals surface area contributed by atoms with Crippen molar-refractivity contribution in [3.63, 3.8) is 0 Å². The number of carbonyl (C=O) groups excluding carboxylic acids is 1. The Morgan fingerprint density at radius 3 is 2.62 bits per heavy atom. The first kappa shape index (κ1) is 22.6. The third kappa shape index (κ3) is 4.22. The molecule has 0 atom stereocenters. The molecule has 1 aliphatic heterocycles. The van der Waals surface area contributed by atoms with E-state index in [1.165, 1.54) is 9.87 Å². The number of aryl methyl sites for hydroxylation is 2. The molecule has 2 aliphatic rings. The van der Waals surface area contributed by atoms with Crippen LogP contribution >= 0.6 is 0 Å². The number of hydrogen-bond donors (Lipinski definition) is 0. The smallest absolute Gasteiger partial charge is 0.309 e. The first-order valence-corrected chi connectivity index (χ1v) is 13.2. The number of pyridine rings is 1. The lowest BCUT2D eigenvalue weighted by molar-refractivity contribution is -0.151. The van der Waals surface area contributed by atoms with Gasteiger partial charge in [0.1, 0.15) is 12.7 Å². The van der Waals surface area contributed by atoms with Crippen LogP contribution in [-0.4, -0.2) is 36.2 Å². The lowest BCUT2D eigenvalue weighted by Gasteiger charge is -2.30. The number of hydrogen-bond acceptors (Lipinski definition) is 5. The Kier molecular flexibility index (Phi) is 6.15. The molecule has 3 aromatic rings. The van der Waals surface area contributed by atoms with Gasteiger partial charge >= 0.3 is 5.97 Å². The van der Waals surface area contributed by atoms with Crippen LogP contribution in [0.3, 0.4) is 0 Å². The highest BCUT2D eigenvalue weighted by Crippen LogP contribution is 2.29. The highest BCUT2D eigenvalue weighted by molar-refractivity contribution is 7.89. The fourth-order valence-corrected chi connectivity index (χ4v) is 6.55. The normalized spacial score (nSPS) is 17.3. The fraction of sp³-hybridized carbons (Fsp3) is 0.385. The van der Waals surface area contributed by atoms with Gasteiger partial charge in [-0.2, -0.15) is 9.57 Å². The van der Waals surface area contributed by atoms with Crippen molar-refractivity contribution in [2.75, 3.05) is 13.1 Å². The van der Waals surface area contributed by atoms with E-state index < -0.39 is 10.0 Å². The zero-order valence-corrected chi connectivity index (χ0v) is 19.8. The molecule has 0 radical (unpaired) electrons. The topological polar surface area (TPSA) is 91.9 Å². The van der Waals surface area contributed by atoms with E-state index in [0.29, 0.717) is 42.0 Å². The first-order valence-electron chi connectivity index (χ1n) is 11.7. The van der Waals surface area contributed by atoms with Gasteiger partial charge in [-0.05, 0) is 73.9 Å². The van der Waals surface area contributed by atoms with Gasteiger partial charge in [-0.1, -0.05) is 12.1 Å². The molecule has 2 aromatic heterocycles. The second-order valence-corrected chi connectivity index (χ2v) is 11.0. The summed E-state index contributed by atoms with van der Waals surface area (Å²) in [6.45, 7) is 0.606. The number of ether oxygens (including phenoxy) is 1. The van der Waals surface area contributed by atoms with Crippen molar-refractivity contribution in [1.82, 2.24) is 8.71 Å². The minimum atomic E-state index is -3.58. The van der Waals surface area contributed by atoms with Gasteiger partial charge in [0, 0.05) is 31.0 Å². The van der Waals surface area contributed by atoms with Crippen LogP contribution in [-0.2, 0) is 39.0 Å². The Labute approximate surface area is 199 Å². The summed E-state index contributed by atoms with van der Waals surface area (Å²) < 4.78 is 35.2. The molecule has 8 heteroatoms. The van der Waals surface area contributed by atoms with Crippen molar-refractivity contribution in [2.24, 2.45) is 5.92 Å². The molecule has 0 spiro atoms. The quantitative estimate of drug-likeness (QED) is 0.521. The average molecular weight is 478 g/mol. The van der Waals surface area contributed by atoms with E-state index in [0.717, 1.165) is 36.8 Å². The molecule has 1 aliphatic carbocycles. The molecule has 0 unspecified atom stereocenters. The van der Waals surface area contributed by atoms with E-state index in [-0.39, 0.29) is 18.5 Å². The first-order chi connectivity index (χ1) is 16.5. The molecule has 5 rings (SSSR count). The molecule has 0 bridgehead atoms. The SMILES string of the molecule is N#Cc1c(COC(=O)C2CCN(S(=O)(=O)c3ccc4c(c3)CCCC4)CC2)cn2ccccc12. The summed E-state index contributed by atoms with van der Waals surface area (Å²) in [5, 5.41) is 9.52. The molecule has 176 valence electrons. The Bertz CT molecular complexity index is 1380. The fourth-order valence-electron chi connectivity index (χ4n) is 5.03. The predicted molar refractivity (Wildman–Crippen MR) is 126 cm³/mol. The lowest BCUT2D eigenvalue weighted by atomic mass is 9.92. The van der Waals surface area contributed by atoms with Crippen molar-refractivity contribution in [3.05, 3.63) is 71.0 Å². The molecular weight excluding hydrogens is 450 g/mol. The van der Waals surface area contributed by atoms with Gasteiger partial charge in [-0.25, -0.2) is 8.42 Å². The largest absolute Gasteiger partial charge is 0.460 e. The molecule has 1 fully saturated rings. The number of benzene rings is 1. The molecule has 1 saturated heterocycles. The Morgan fingerprint density at radius 1 is 1.09 bits per heavy atom. The number of rotatable bonds is 5. The molecule has 0 saturated carbocycles. The maximum absolute atomic E-state index is 13.2. The van der Waals surface area contributed by atoms with Crippen molar-refractivity contribution < 1.29 is 17.9 Å².